The van der Waals surface area contributed by atoms with Crippen LogP contribution in [0.4, 0.5) is 0 Å². The monoisotopic (exact) mass is 452 g/mol. The van der Waals surface area contributed by atoms with Crippen molar-refractivity contribution in [2.45, 2.75) is 19.5 Å². The Bertz CT molecular complexity index is 1100. The number of aliphatic hydroxyl groups is 1. The van der Waals surface area contributed by atoms with Gasteiger partial charge in [-0.05, 0) is 42.8 Å². The van der Waals surface area contributed by atoms with Gasteiger partial charge in [0.25, 0.3) is 11.7 Å². The lowest BCUT2D eigenvalue weighted by Gasteiger charge is -2.23. The minimum absolute atomic E-state index is 0.00978. The van der Waals surface area contributed by atoms with Crippen molar-refractivity contribution in [2.24, 2.45) is 0 Å². The number of aliphatic hydroxyl groups excluding tert-OH is 1. The number of furan rings is 1. The summed E-state index contributed by atoms with van der Waals surface area (Å²) in [6.07, 6.45) is 3.27. The van der Waals surface area contributed by atoms with E-state index in [1.165, 1.54) is 4.90 Å². The second kappa shape index (κ2) is 7.67. The topological polar surface area (TPSA) is 83.6 Å². The van der Waals surface area contributed by atoms with Gasteiger partial charge in [-0.15, -0.1) is 0 Å². The van der Waals surface area contributed by atoms with E-state index >= 15 is 0 Å². The van der Waals surface area contributed by atoms with E-state index in [0.29, 0.717) is 17.1 Å². The summed E-state index contributed by atoms with van der Waals surface area (Å²) in [4.78, 5) is 31.2. The van der Waals surface area contributed by atoms with Crippen LogP contribution in [0.2, 0.25) is 0 Å². The molecule has 3 heterocycles. The van der Waals surface area contributed by atoms with E-state index < -0.39 is 17.7 Å². The molecule has 1 aromatic carbocycles. The third kappa shape index (κ3) is 3.61. The average Bonchev–Trinajstić information content (AvgIpc) is 3.25. The molecule has 146 valence electrons. The van der Waals surface area contributed by atoms with Crippen LogP contribution in [0.5, 0.6) is 0 Å². The first kappa shape index (κ1) is 19.1. The van der Waals surface area contributed by atoms with Crippen LogP contribution in [0.15, 0.2) is 75.4 Å². The van der Waals surface area contributed by atoms with Gasteiger partial charge >= 0.3 is 0 Å². The van der Waals surface area contributed by atoms with E-state index in [4.69, 9.17) is 4.42 Å². The van der Waals surface area contributed by atoms with Gasteiger partial charge in [-0.1, -0.05) is 34.1 Å². The molecule has 1 fully saturated rings. The smallest absolute Gasteiger partial charge is 0.296 e. The molecular weight excluding hydrogens is 436 g/mol. The fourth-order valence-corrected chi connectivity index (χ4v) is 3.66. The fraction of sp³-hybridized carbons (Fsp3) is 0.136. The Hall–Kier alpha value is -3.19. The lowest BCUT2D eigenvalue weighted by atomic mass is 9.99. The number of aromatic nitrogens is 1. The molecule has 0 aliphatic carbocycles. The molecule has 1 aliphatic rings. The number of hydrogen-bond donors (Lipinski definition) is 1. The number of likely N-dealkylation sites (tertiary alicyclic amines) is 1. The minimum atomic E-state index is -0.826. The largest absolute Gasteiger partial charge is 0.507 e. The SMILES string of the molecule is Cc1ccc(C2/C(=C(/O)c3ccc(Br)cc3)C(=O)C(=O)N2Cc2cccnc2)o1. The van der Waals surface area contributed by atoms with E-state index in [9.17, 15) is 14.7 Å². The normalized spacial score (nSPS) is 18.4. The maximum Gasteiger partial charge on any atom is 0.296 e. The summed E-state index contributed by atoms with van der Waals surface area (Å²) < 4.78 is 6.59. The molecule has 4 rings (SSSR count). The van der Waals surface area contributed by atoms with Gasteiger partial charge in [-0.2, -0.15) is 0 Å². The zero-order valence-corrected chi connectivity index (χ0v) is 17.1. The maximum atomic E-state index is 12.9. The number of benzene rings is 1. The molecule has 0 radical (unpaired) electrons. The molecule has 1 N–H and O–H groups in total. The first-order chi connectivity index (χ1) is 14.0. The third-order valence-corrected chi connectivity index (χ3v) is 5.29. The van der Waals surface area contributed by atoms with E-state index in [2.05, 4.69) is 20.9 Å². The Kier molecular flexibility index (Phi) is 5.07. The third-order valence-electron chi connectivity index (χ3n) is 4.76. The van der Waals surface area contributed by atoms with Crippen LogP contribution >= 0.6 is 15.9 Å². The second-order valence-corrected chi connectivity index (χ2v) is 7.66. The Labute approximate surface area is 175 Å². The summed E-state index contributed by atoms with van der Waals surface area (Å²) in [6.45, 7) is 1.95. The van der Waals surface area contributed by atoms with E-state index in [0.717, 1.165) is 10.0 Å². The second-order valence-electron chi connectivity index (χ2n) is 6.74. The van der Waals surface area contributed by atoms with Crippen molar-refractivity contribution in [1.82, 2.24) is 9.88 Å². The molecule has 3 aromatic rings. The maximum absolute atomic E-state index is 12.9. The highest BCUT2D eigenvalue weighted by atomic mass is 79.9. The standard InChI is InChI=1S/C22H17BrN2O4/c1-13-4-9-17(29-13)19-18(20(26)15-5-7-16(23)8-6-15)21(27)22(28)25(19)12-14-3-2-10-24-11-14/h2-11,19,26H,12H2,1H3/b20-18-. The number of rotatable bonds is 4. The minimum Gasteiger partial charge on any atom is -0.507 e. The molecule has 1 unspecified atom stereocenters. The molecular formula is C22H17BrN2O4. The number of ketones is 1. The number of aryl methyl sites for hydroxylation is 1. The molecule has 0 saturated carbocycles. The molecule has 1 saturated heterocycles. The lowest BCUT2D eigenvalue weighted by Crippen LogP contribution is -2.29. The molecule has 1 aliphatic heterocycles. The van der Waals surface area contributed by atoms with Gasteiger partial charge in [0, 0.05) is 29.0 Å². The van der Waals surface area contributed by atoms with Gasteiger partial charge in [-0.25, -0.2) is 0 Å². The molecule has 7 heteroatoms. The predicted octanol–water partition coefficient (Wildman–Crippen LogP) is 4.37. The van der Waals surface area contributed by atoms with Crippen molar-refractivity contribution >= 4 is 33.4 Å². The number of hydrogen-bond acceptors (Lipinski definition) is 5. The van der Waals surface area contributed by atoms with Crippen molar-refractivity contribution in [3.8, 4) is 0 Å². The van der Waals surface area contributed by atoms with Crippen molar-refractivity contribution in [3.63, 3.8) is 0 Å². The number of carbonyl (C=O) groups is 2. The highest BCUT2D eigenvalue weighted by Crippen LogP contribution is 2.40. The van der Waals surface area contributed by atoms with E-state index in [-0.39, 0.29) is 17.9 Å². The van der Waals surface area contributed by atoms with Crippen molar-refractivity contribution in [3.05, 3.63) is 93.6 Å². The predicted molar refractivity (Wildman–Crippen MR) is 110 cm³/mol. The average molecular weight is 453 g/mol. The van der Waals surface area contributed by atoms with Crippen molar-refractivity contribution in [1.29, 1.82) is 0 Å². The van der Waals surface area contributed by atoms with E-state index in [1.54, 1.807) is 61.8 Å². The number of Topliss-reactive ketones (excluding diaryl/α,β-unsaturated/α-hetero) is 1. The van der Waals surface area contributed by atoms with Crippen LogP contribution in [0, 0.1) is 6.92 Å². The Balaban J connectivity index is 1.84. The zero-order chi connectivity index (χ0) is 20.5. The molecule has 0 spiro atoms. The van der Waals surface area contributed by atoms with Gasteiger partial charge < -0.3 is 14.4 Å². The zero-order valence-electron chi connectivity index (χ0n) is 15.5. The summed E-state index contributed by atoms with van der Waals surface area (Å²) in [5.41, 5.74) is 1.22. The summed E-state index contributed by atoms with van der Waals surface area (Å²) in [6, 6.07) is 13.1. The van der Waals surface area contributed by atoms with Gasteiger partial charge in [0.15, 0.2) is 0 Å². The number of pyridine rings is 1. The van der Waals surface area contributed by atoms with Gasteiger partial charge in [0.05, 0.1) is 5.57 Å². The van der Waals surface area contributed by atoms with Crippen LogP contribution in [-0.2, 0) is 16.1 Å². The van der Waals surface area contributed by atoms with E-state index in [1.807, 2.05) is 6.07 Å². The number of carbonyl (C=O) groups excluding carboxylic acids is 2. The van der Waals surface area contributed by atoms with Crippen molar-refractivity contribution < 1.29 is 19.1 Å². The number of amides is 1. The van der Waals surface area contributed by atoms with Gasteiger partial charge in [0.2, 0.25) is 0 Å². The summed E-state index contributed by atoms with van der Waals surface area (Å²) in [5.74, 6) is -0.594. The highest BCUT2D eigenvalue weighted by molar-refractivity contribution is 9.10. The van der Waals surface area contributed by atoms with Crippen LogP contribution in [0.25, 0.3) is 5.76 Å². The molecule has 1 amide bonds. The Morgan fingerprint density at radius 1 is 1.17 bits per heavy atom. The van der Waals surface area contributed by atoms with Crippen LogP contribution in [0.1, 0.15) is 28.7 Å². The van der Waals surface area contributed by atoms with Crippen molar-refractivity contribution in [2.75, 3.05) is 0 Å². The quantitative estimate of drug-likeness (QED) is 0.361. The number of nitrogens with zero attached hydrogens (tertiary/aromatic N) is 2. The summed E-state index contributed by atoms with van der Waals surface area (Å²) in [7, 11) is 0. The molecule has 6 nitrogen and oxygen atoms in total. The van der Waals surface area contributed by atoms with Crippen LogP contribution in [0.3, 0.4) is 0 Å². The Morgan fingerprint density at radius 3 is 2.55 bits per heavy atom. The highest BCUT2D eigenvalue weighted by Gasteiger charge is 2.47. The molecule has 2 aromatic heterocycles. The number of halogens is 1. The van der Waals surface area contributed by atoms with Gasteiger partial charge in [-0.3, -0.25) is 14.6 Å². The first-order valence-electron chi connectivity index (χ1n) is 8.95. The summed E-state index contributed by atoms with van der Waals surface area (Å²) in [5, 5.41) is 10.9. The molecule has 29 heavy (non-hydrogen) atoms. The van der Waals surface area contributed by atoms with Gasteiger partial charge in [0.1, 0.15) is 23.3 Å². The van der Waals surface area contributed by atoms with Crippen LogP contribution < -0.4 is 0 Å². The molecule has 0 bridgehead atoms. The first-order valence-corrected chi connectivity index (χ1v) is 9.74. The Morgan fingerprint density at radius 2 is 1.93 bits per heavy atom. The fourth-order valence-electron chi connectivity index (χ4n) is 3.39. The molecule has 1 atom stereocenters. The summed E-state index contributed by atoms with van der Waals surface area (Å²) >= 11 is 3.35. The lowest BCUT2D eigenvalue weighted by molar-refractivity contribution is -0.140. The van der Waals surface area contributed by atoms with Crippen LogP contribution in [-0.4, -0.2) is 26.7 Å².